The zero-order chi connectivity index (χ0) is 16.9. The highest BCUT2D eigenvalue weighted by molar-refractivity contribution is 7.48. The van der Waals surface area contributed by atoms with Crippen LogP contribution in [0, 0.1) is 0 Å². The van der Waals surface area contributed by atoms with Gasteiger partial charge in [0.15, 0.2) is 5.60 Å². The van der Waals surface area contributed by atoms with Crippen molar-refractivity contribution >= 4 is 13.6 Å². The molecular weight excluding hydrogens is 317 g/mol. The monoisotopic (exact) mass is 335 g/mol. The van der Waals surface area contributed by atoms with Crippen molar-refractivity contribution < 1.29 is 22.9 Å². The van der Waals surface area contributed by atoms with Gasteiger partial charge in [-0.2, -0.15) is 0 Å². The summed E-state index contributed by atoms with van der Waals surface area (Å²) in [5.41, 5.74) is -0.910. The van der Waals surface area contributed by atoms with Crippen LogP contribution in [0.25, 0.3) is 0 Å². The summed E-state index contributed by atoms with van der Waals surface area (Å²) in [6, 6.07) is 13.6. The molecule has 0 aliphatic carbocycles. The molecule has 122 valence electrons. The molecule has 0 saturated carbocycles. The molecule has 0 N–H and O–H groups in total. The molecule has 0 aliphatic heterocycles. The summed E-state index contributed by atoms with van der Waals surface area (Å²) in [5, 5.41) is 0. The van der Waals surface area contributed by atoms with Crippen molar-refractivity contribution in [3.63, 3.8) is 0 Å². The van der Waals surface area contributed by atoms with Gasteiger partial charge in [-0.25, -0.2) is 4.57 Å². The Bertz CT molecular complexity index is 699. The molecule has 7 heteroatoms. The van der Waals surface area contributed by atoms with E-state index in [2.05, 4.69) is 4.98 Å². The Morgan fingerprint density at radius 1 is 1.04 bits per heavy atom. The third-order valence-corrected chi connectivity index (χ3v) is 4.85. The van der Waals surface area contributed by atoms with Crippen molar-refractivity contribution in [2.24, 2.45) is 0 Å². The fourth-order valence-electron chi connectivity index (χ4n) is 2.09. The molecule has 0 fully saturated rings. The molecule has 2 aromatic rings. The van der Waals surface area contributed by atoms with E-state index in [9.17, 15) is 9.36 Å². The van der Waals surface area contributed by atoms with E-state index >= 15 is 0 Å². The first kappa shape index (κ1) is 17.5. The van der Waals surface area contributed by atoms with Crippen LogP contribution < -0.4 is 0 Å². The summed E-state index contributed by atoms with van der Waals surface area (Å²) in [5.74, 6) is -0.397. The normalized spacial score (nSPS) is 14.2. The number of hydrogen-bond donors (Lipinski definition) is 0. The van der Waals surface area contributed by atoms with Gasteiger partial charge >= 0.3 is 7.82 Å². The van der Waals surface area contributed by atoms with Crippen molar-refractivity contribution in [3.05, 3.63) is 66.0 Å². The van der Waals surface area contributed by atoms with Crippen LogP contribution in [0.1, 0.15) is 23.0 Å². The van der Waals surface area contributed by atoms with E-state index in [1.54, 1.807) is 48.5 Å². The highest BCUT2D eigenvalue weighted by Gasteiger charge is 2.45. The molecule has 0 aliphatic rings. The highest BCUT2D eigenvalue weighted by atomic mass is 31.2. The Hall–Kier alpha value is -1.85. The van der Waals surface area contributed by atoms with Crippen molar-refractivity contribution in [2.75, 3.05) is 14.2 Å². The van der Waals surface area contributed by atoms with E-state index in [-0.39, 0.29) is 0 Å². The van der Waals surface area contributed by atoms with E-state index in [0.717, 1.165) is 0 Å². The standard InChI is InChI=1S/C16H18NO5P/c1-16(14-11-7-8-12-17-14,22-23(19,20-2)21-3)15(18)13-9-5-4-6-10-13/h4-12H,1-3H3. The van der Waals surface area contributed by atoms with Crippen molar-refractivity contribution in [2.45, 2.75) is 12.5 Å². The lowest BCUT2D eigenvalue weighted by Crippen LogP contribution is -2.36. The lowest BCUT2D eigenvalue weighted by atomic mass is 9.91. The molecule has 0 spiro atoms. The number of Topliss-reactive ketones (excluding diaryl/α,β-unsaturated/α-hetero) is 1. The third-order valence-electron chi connectivity index (χ3n) is 3.36. The van der Waals surface area contributed by atoms with Crippen molar-refractivity contribution in [1.82, 2.24) is 4.98 Å². The number of pyridine rings is 1. The molecule has 23 heavy (non-hydrogen) atoms. The number of carbonyl (C=O) groups is 1. The van der Waals surface area contributed by atoms with Crippen LogP contribution in [0.15, 0.2) is 54.7 Å². The lowest BCUT2D eigenvalue weighted by Gasteiger charge is -2.30. The zero-order valence-corrected chi connectivity index (χ0v) is 14.0. The largest absolute Gasteiger partial charge is 0.475 e. The lowest BCUT2D eigenvalue weighted by molar-refractivity contribution is 0.0258. The maximum Gasteiger partial charge on any atom is 0.475 e. The first-order valence-corrected chi connectivity index (χ1v) is 8.35. The van der Waals surface area contributed by atoms with Crippen LogP contribution in [0.3, 0.4) is 0 Å². The average molecular weight is 335 g/mol. The van der Waals surface area contributed by atoms with E-state index < -0.39 is 19.2 Å². The quantitative estimate of drug-likeness (QED) is 0.568. The number of carbonyl (C=O) groups excluding carboxylic acids is 1. The van der Waals surface area contributed by atoms with E-state index in [4.69, 9.17) is 13.6 Å². The van der Waals surface area contributed by atoms with Crippen LogP contribution in [-0.4, -0.2) is 25.0 Å². The number of aromatic nitrogens is 1. The molecule has 1 atom stereocenters. The van der Waals surface area contributed by atoms with Crippen LogP contribution in [-0.2, 0) is 23.7 Å². The van der Waals surface area contributed by atoms with Gasteiger partial charge in [0.2, 0.25) is 5.78 Å². The number of rotatable bonds is 7. The minimum atomic E-state index is -3.90. The molecule has 1 aromatic heterocycles. The summed E-state index contributed by atoms with van der Waals surface area (Å²) in [4.78, 5) is 17.2. The third kappa shape index (κ3) is 3.74. The fraction of sp³-hybridized carbons (Fsp3) is 0.250. The van der Waals surface area contributed by atoms with Crippen molar-refractivity contribution in [1.29, 1.82) is 0 Å². The second-order valence-electron chi connectivity index (χ2n) is 4.85. The minimum Gasteiger partial charge on any atom is -0.290 e. The predicted molar refractivity (Wildman–Crippen MR) is 85.1 cm³/mol. The van der Waals surface area contributed by atoms with Gasteiger partial charge in [-0.1, -0.05) is 36.4 Å². The van der Waals surface area contributed by atoms with Gasteiger partial charge in [0, 0.05) is 26.0 Å². The topological polar surface area (TPSA) is 74.7 Å². The summed E-state index contributed by atoms with van der Waals surface area (Å²) >= 11 is 0. The number of benzene rings is 1. The number of phosphoric ester groups is 1. The molecular formula is C16H18NO5P. The summed E-state index contributed by atoms with van der Waals surface area (Å²) in [6.45, 7) is 1.50. The molecule has 1 heterocycles. The molecule has 0 radical (unpaired) electrons. The van der Waals surface area contributed by atoms with Crippen LogP contribution in [0.4, 0.5) is 0 Å². The first-order chi connectivity index (χ1) is 10.9. The maximum absolute atomic E-state index is 13.0. The molecule has 1 aromatic carbocycles. The predicted octanol–water partition coefficient (Wildman–Crippen LogP) is 3.60. The van der Waals surface area contributed by atoms with Crippen LogP contribution in [0.5, 0.6) is 0 Å². The SMILES string of the molecule is COP(=O)(OC)OC(C)(C(=O)c1ccccc1)c1ccccn1. The Kier molecular flexibility index (Phi) is 5.44. The van der Waals surface area contributed by atoms with Gasteiger partial charge in [-0.15, -0.1) is 0 Å². The zero-order valence-electron chi connectivity index (χ0n) is 13.1. The number of ketones is 1. The molecule has 6 nitrogen and oxygen atoms in total. The fourth-order valence-corrected chi connectivity index (χ4v) is 3.01. The second-order valence-corrected chi connectivity index (χ2v) is 6.65. The smallest absolute Gasteiger partial charge is 0.290 e. The Labute approximate surface area is 135 Å². The Morgan fingerprint density at radius 3 is 2.17 bits per heavy atom. The van der Waals surface area contributed by atoms with Crippen molar-refractivity contribution in [3.8, 4) is 0 Å². The summed E-state index contributed by atoms with van der Waals surface area (Å²) in [6.07, 6.45) is 1.53. The molecule has 1 unspecified atom stereocenters. The maximum atomic E-state index is 13.0. The first-order valence-electron chi connectivity index (χ1n) is 6.89. The van der Waals surface area contributed by atoms with Gasteiger partial charge in [0.1, 0.15) is 0 Å². The number of phosphoric acid groups is 1. The van der Waals surface area contributed by atoms with Crippen LogP contribution in [0.2, 0.25) is 0 Å². The van der Waals surface area contributed by atoms with E-state index in [1.165, 1.54) is 27.3 Å². The Morgan fingerprint density at radius 2 is 1.65 bits per heavy atom. The molecule has 0 amide bonds. The summed E-state index contributed by atoms with van der Waals surface area (Å²) < 4.78 is 27.6. The van der Waals surface area contributed by atoms with Crippen LogP contribution >= 0.6 is 7.82 Å². The van der Waals surface area contributed by atoms with E-state index in [0.29, 0.717) is 11.3 Å². The number of nitrogens with zero attached hydrogens (tertiary/aromatic N) is 1. The second kappa shape index (κ2) is 7.15. The molecule has 2 rings (SSSR count). The van der Waals surface area contributed by atoms with Gasteiger partial charge in [0.05, 0.1) is 5.69 Å². The van der Waals surface area contributed by atoms with Gasteiger partial charge in [-0.3, -0.25) is 23.3 Å². The highest BCUT2D eigenvalue weighted by Crippen LogP contribution is 2.53. The minimum absolute atomic E-state index is 0.308. The average Bonchev–Trinajstić information content (AvgIpc) is 2.62. The van der Waals surface area contributed by atoms with Gasteiger partial charge in [0.25, 0.3) is 0 Å². The number of hydrogen-bond acceptors (Lipinski definition) is 6. The molecule has 0 bridgehead atoms. The molecule has 0 saturated heterocycles. The summed E-state index contributed by atoms with van der Waals surface area (Å²) in [7, 11) is -1.52. The Balaban J connectivity index is 2.52. The van der Waals surface area contributed by atoms with Gasteiger partial charge in [-0.05, 0) is 19.1 Å². The van der Waals surface area contributed by atoms with Gasteiger partial charge < -0.3 is 0 Å². The van der Waals surface area contributed by atoms with E-state index in [1.807, 2.05) is 0 Å².